The van der Waals surface area contributed by atoms with E-state index in [1.807, 2.05) is 12.1 Å². The summed E-state index contributed by atoms with van der Waals surface area (Å²) < 4.78 is 40.5. The Bertz CT molecular complexity index is 816. The Kier molecular flexibility index (Phi) is 4.82. The van der Waals surface area contributed by atoms with Crippen molar-refractivity contribution in [3.05, 3.63) is 53.5 Å². The molecule has 1 aromatic carbocycles. The van der Waals surface area contributed by atoms with Crippen molar-refractivity contribution in [2.45, 2.75) is 31.2 Å². The van der Waals surface area contributed by atoms with Gasteiger partial charge in [0.15, 0.2) is 0 Å². The van der Waals surface area contributed by atoms with Gasteiger partial charge in [0.25, 0.3) is 0 Å². The predicted molar refractivity (Wildman–Crippen MR) is 90.8 cm³/mol. The number of nitrogens with one attached hydrogen (secondary N) is 1. The molecule has 5 nitrogen and oxygen atoms in total. The number of nitrogens with zero attached hydrogens (tertiary/aromatic N) is 2. The fraction of sp³-hybridized carbons (Fsp3) is 0.353. The Hall–Kier alpha value is -1.99. The maximum absolute atomic E-state index is 13.3. The summed E-state index contributed by atoms with van der Waals surface area (Å²) in [6.45, 7) is 3.78. The lowest BCUT2D eigenvalue weighted by atomic mass is 10.2. The van der Waals surface area contributed by atoms with Gasteiger partial charge in [-0.25, -0.2) is 22.5 Å². The maximum atomic E-state index is 13.3. The lowest BCUT2D eigenvalue weighted by molar-refractivity contribution is 0.576. The SMILES string of the molecule is Cc1ccc(F)cc1S(=O)(=O)NCc1ccc(N2CCCC2)nc1. The van der Waals surface area contributed by atoms with Gasteiger partial charge in [0, 0.05) is 25.8 Å². The summed E-state index contributed by atoms with van der Waals surface area (Å²) in [7, 11) is -3.77. The molecular formula is C17H20FN3O2S. The van der Waals surface area contributed by atoms with Crippen molar-refractivity contribution in [3.8, 4) is 0 Å². The summed E-state index contributed by atoms with van der Waals surface area (Å²) in [5.41, 5.74) is 1.27. The lowest BCUT2D eigenvalue weighted by Gasteiger charge is -2.16. The van der Waals surface area contributed by atoms with Crippen molar-refractivity contribution < 1.29 is 12.8 Å². The molecule has 7 heteroatoms. The molecule has 0 radical (unpaired) electrons. The van der Waals surface area contributed by atoms with Gasteiger partial charge in [-0.1, -0.05) is 12.1 Å². The van der Waals surface area contributed by atoms with Gasteiger partial charge in [-0.2, -0.15) is 0 Å². The van der Waals surface area contributed by atoms with Crippen molar-refractivity contribution in [1.29, 1.82) is 0 Å². The zero-order valence-corrected chi connectivity index (χ0v) is 14.3. The van der Waals surface area contributed by atoms with Crippen LogP contribution in [0.15, 0.2) is 41.4 Å². The van der Waals surface area contributed by atoms with Gasteiger partial charge < -0.3 is 4.90 Å². The number of sulfonamides is 1. The van der Waals surface area contributed by atoms with Crippen LogP contribution in [0.4, 0.5) is 10.2 Å². The number of aryl methyl sites for hydroxylation is 1. The third kappa shape index (κ3) is 3.73. The van der Waals surface area contributed by atoms with Gasteiger partial charge in [0.2, 0.25) is 10.0 Å². The van der Waals surface area contributed by atoms with Crippen molar-refractivity contribution in [1.82, 2.24) is 9.71 Å². The topological polar surface area (TPSA) is 62.3 Å². The van der Waals surface area contributed by atoms with Crippen molar-refractivity contribution in [2.75, 3.05) is 18.0 Å². The number of pyridine rings is 1. The second kappa shape index (κ2) is 6.86. The average molecular weight is 349 g/mol. The molecule has 2 heterocycles. The Morgan fingerprint density at radius 2 is 1.96 bits per heavy atom. The number of hydrogen-bond donors (Lipinski definition) is 1. The fourth-order valence-corrected chi connectivity index (χ4v) is 4.05. The summed E-state index contributed by atoms with van der Waals surface area (Å²) in [5, 5.41) is 0. The van der Waals surface area contributed by atoms with E-state index < -0.39 is 15.8 Å². The third-order valence-electron chi connectivity index (χ3n) is 4.15. The van der Waals surface area contributed by atoms with E-state index in [2.05, 4.69) is 14.6 Å². The zero-order chi connectivity index (χ0) is 17.2. The van der Waals surface area contributed by atoms with Crippen molar-refractivity contribution in [2.24, 2.45) is 0 Å². The first kappa shape index (κ1) is 16.9. The molecule has 1 saturated heterocycles. The molecule has 0 bridgehead atoms. The first-order chi connectivity index (χ1) is 11.5. The smallest absolute Gasteiger partial charge is 0.241 e. The first-order valence-corrected chi connectivity index (χ1v) is 9.40. The Labute approximate surface area is 141 Å². The molecule has 2 aromatic rings. The number of benzene rings is 1. The van der Waals surface area contributed by atoms with E-state index in [0.29, 0.717) is 5.56 Å². The summed E-state index contributed by atoms with van der Waals surface area (Å²) in [6, 6.07) is 7.50. The van der Waals surface area contributed by atoms with Crippen LogP contribution in [0.2, 0.25) is 0 Å². The molecule has 1 N–H and O–H groups in total. The van der Waals surface area contributed by atoms with Gasteiger partial charge in [-0.3, -0.25) is 0 Å². The molecule has 0 unspecified atom stereocenters. The largest absolute Gasteiger partial charge is 0.357 e. The Balaban J connectivity index is 1.69. The summed E-state index contributed by atoms with van der Waals surface area (Å²) in [5.74, 6) is 0.345. The van der Waals surface area contributed by atoms with E-state index in [1.165, 1.54) is 25.0 Å². The summed E-state index contributed by atoms with van der Waals surface area (Å²) in [6.07, 6.45) is 4.03. The minimum Gasteiger partial charge on any atom is -0.357 e. The fourth-order valence-electron chi connectivity index (χ4n) is 2.77. The van der Waals surface area contributed by atoms with Crippen molar-refractivity contribution in [3.63, 3.8) is 0 Å². The van der Waals surface area contributed by atoms with Crippen LogP contribution in [0, 0.1) is 12.7 Å². The van der Waals surface area contributed by atoms with Crippen LogP contribution in [0.3, 0.4) is 0 Å². The van der Waals surface area contributed by atoms with E-state index >= 15 is 0 Å². The average Bonchev–Trinajstić information content (AvgIpc) is 3.10. The highest BCUT2D eigenvalue weighted by Crippen LogP contribution is 2.19. The van der Waals surface area contributed by atoms with Gasteiger partial charge in [0.1, 0.15) is 11.6 Å². The highest BCUT2D eigenvalue weighted by Gasteiger charge is 2.18. The number of anilines is 1. The van der Waals surface area contributed by atoms with E-state index in [0.717, 1.165) is 30.5 Å². The molecule has 0 atom stereocenters. The second-order valence-corrected chi connectivity index (χ2v) is 7.69. The third-order valence-corrected chi connectivity index (χ3v) is 5.69. The predicted octanol–water partition coefficient (Wildman–Crippen LogP) is 2.61. The molecule has 0 spiro atoms. The van der Waals surface area contributed by atoms with Gasteiger partial charge in [-0.15, -0.1) is 0 Å². The number of hydrogen-bond acceptors (Lipinski definition) is 4. The van der Waals surface area contributed by atoms with Gasteiger partial charge in [-0.05, 0) is 49.1 Å². The molecule has 1 fully saturated rings. The standard InChI is InChI=1S/C17H20FN3O2S/c1-13-4-6-15(18)10-16(13)24(22,23)20-12-14-5-7-17(19-11-14)21-8-2-3-9-21/h4-7,10-11,20H,2-3,8-9,12H2,1H3. The lowest BCUT2D eigenvalue weighted by Crippen LogP contribution is -2.24. The van der Waals surface area contributed by atoms with Gasteiger partial charge >= 0.3 is 0 Å². The summed E-state index contributed by atoms with van der Waals surface area (Å²) in [4.78, 5) is 6.57. The monoisotopic (exact) mass is 349 g/mol. The summed E-state index contributed by atoms with van der Waals surface area (Å²) >= 11 is 0. The molecule has 128 valence electrons. The van der Waals surface area contributed by atoms with Crippen molar-refractivity contribution >= 4 is 15.8 Å². The van der Waals surface area contributed by atoms with Crippen LogP contribution in [-0.4, -0.2) is 26.5 Å². The number of rotatable bonds is 5. The highest BCUT2D eigenvalue weighted by molar-refractivity contribution is 7.89. The maximum Gasteiger partial charge on any atom is 0.241 e. The highest BCUT2D eigenvalue weighted by atomic mass is 32.2. The van der Waals surface area contributed by atoms with E-state index in [1.54, 1.807) is 13.1 Å². The first-order valence-electron chi connectivity index (χ1n) is 7.91. The molecule has 0 saturated carbocycles. The minimum absolute atomic E-state index is 0.0378. The Morgan fingerprint density at radius 3 is 2.62 bits per heavy atom. The quantitative estimate of drug-likeness (QED) is 0.901. The molecule has 1 aromatic heterocycles. The van der Waals surface area contributed by atoms with Crippen LogP contribution in [0.1, 0.15) is 24.0 Å². The zero-order valence-electron chi connectivity index (χ0n) is 13.5. The molecule has 1 aliphatic heterocycles. The van der Waals surface area contributed by atoms with Crippen LogP contribution in [0.5, 0.6) is 0 Å². The number of aromatic nitrogens is 1. The number of halogens is 1. The van der Waals surface area contributed by atoms with E-state index in [4.69, 9.17) is 0 Å². The van der Waals surface area contributed by atoms with Crippen LogP contribution >= 0.6 is 0 Å². The molecule has 3 rings (SSSR count). The normalized spacial score (nSPS) is 15.0. The van der Waals surface area contributed by atoms with E-state index in [-0.39, 0.29) is 11.4 Å². The van der Waals surface area contributed by atoms with Crippen LogP contribution in [-0.2, 0) is 16.6 Å². The van der Waals surface area contributed by atoms with Gasteiger partial charge in [0.05, 0.1) is 4.90 Å². The second-order valence-electron chi connectivity index (χ2n) is 5.95. The Morgan fingerprint density at radius 1 is 1.21 bits per heavy atom. The molecule has 0 aliphatic carbocycles. The molecular weight excluding hydrogens is 329 g/mol. The molecule has 0 amide bonds. The molecule has 24 heavy (non-hydrogen) atoms. The van der Waals surface area contributed by atoms with Crippen LogP contribution in [0.25, 0.3) is 0 Å². The molecule has 1 aliphatic rings. The van der Waals surface area contributed by atoms with E-state index in [9.17, 15) is 12.8 Å². The minimum atomic E-state index is -3.77. The van der Waals surface area contributed by atoms with Crippen LogP contribution < -0.4 is 9.62 Å².